The van der Waals surface area contributed by atoms with Gasteiger partial charge in [0.2, 0.25) is 10.0 Å². The van der Waals surface area contributed by atoms with Gasteiger partial charge in [0, 0.05) is 14.8 Å². The van der Waals surface area contributed by atoms with Gasteiger partial charge in [-0.3, -0.25) is 4.79 Å². The molecule has 21 heavy (non-hydrogen) atoms. The molecule has 5 nitrogen and oxygen atoms in total. The summed E-state index contributed by atoms with van der Waals surface area (Å²) in [7, 11) is -2.11. The second-order valence-electron chi connectivity index (χ2n) is 4.19. The molecule has 0 bridgehead atoms. The van der Waals surface area contributed by atoms with E-state index in [4.69, 9.17) is 0 Å². The second-order valence-corrected chi connectivity index (χ2v) is 7.33. The molecule has 0 unspecified atom stereocenters. The van der Waals surface area contributed by atoms with Crippen LogP contribution in [0.2, 0.25) is 0 Å². The van der Waals surface area contributed by atoms with Gasteiger partial charge in [-0.1, -0.05) is 0 Å². The highest BCUT2D eigenvalue weighted by Gasteiger charge is 2.11. The van der Waals surface area contributed by atoms with Crippen LogP contribution < -0.4 is 10.0 Å². The Hall–Kier alpha value is -1.45. The molecular weight excluding hydrogens is 403 g/mol. The van der Waals surface area contributed by atoms with Crippen LogP contribution in [0.1, 0.15) is 10.4 Å². The zero-order chi connectivity index (χ0) is 15.5. The number of sulfonamides is 1. The first-order valence-electron chi connectivity index (χ1n) is 6.03. The molecule has 0 aliphatic rings. The van der Waals surface area contributed by atoms with Crippen molar-refractivity contribution in [3.63, 3.8) is 0 Å². The molecular formula is C14H13IN2O3S. The van der Waals surface area contributed by atoms with Crippen molar-refractivity contribution in [3.8, 4) is 0 Å². The fraction of sp³-hybridized carbons (Fsp3) is 0.0714. The first kappa shape index (κ1) is 15.9. The van der Waals surface area contributed by atoms with Crippen LogP contribution in [0.4, 0.5) is 5.69 Å². The van der Waals surface area contributed by atoms with Gasteiger partial charge in [-0.25, -0.2) is 13.1 Å². The first-order chi connectivity index (χ1) is 9.92. The molecule has 0 spiro atoms. The first-order valence-corrected chi connectivity index (χ1v) is 8.59. The maximum Gasteiger partial charge on any atom is 0.255 e. The van der Waals surface area contributed by atoms with Gasteiger partial charge in [-0.05, 0) is 78.2 Å². The molecule has 2 aromatic rings. The van der Waals surface area contributed by atoms with E-state index < -0.39 is 10.0 Å². The zero-order valence-corrected chi connectivity index (χ0v) is 14.1. The zero-order valence-electron chi connectivity index (χ0n) is 11.1. The Labute approximate surface area is 137 Å². The van der Waals surface area contributed by atoms with Gasteiger partial charge in [0.15, 0.2) is 0 Å². The highest BCUT2D eigenvalue weighted by molar-refractivity contribution is 14.1. The fourth-order valence-electron chi connectivity index (χ4n) is 1.64. The van der Waals surface area contributed by atoms with Crippen molar-refractivity contribution >= 4 is 44.2 Å². The van der Waals surface area contributed by atoms with Crippen LogP contribution >= 0.6 is 22.6 Å². The number of benzene rings is 2. The highest BCUT2D eigenvalue weighted by atomic mass is 127. The molecule has 0 fully saturated rings. The third kappa shape index (κ3) is 4.02. The second kappa shape index (κ2) is 6.54. The molecule has 0 saturated heterocycles. The highest BCUT2D eigenvalue weighted by Crippen LogP contribution is 2.15. The minimum absolute atomic E-state index is 0.150. The van der Waals surface area contributed by atoms with E-state index in [1.165, 1.54) is 19.2 Å². The van der Waals surface area contributed by atoms with Crippen molar-refractivity contribution in [1.82, 2.24) is 4.72 Å². The minimum atomic E-state index is -3.46. The molecule has 0 heterocycles. The number of halogens is 1. The Morgan fingerprint density at radius 3 is 2.10 bits per heavy atom. The Morgan fingerprint density at radius 1 is 1.00 bits per heavy atom. The predicted octanol–water partition coefficient (Wildman–Crippen LogP) is 2.45. The van der Waals surface area contributed by atoms with Crippen molar-refractivity contribution in [1.29, 1.82) is 0 Å². The lowest BCUT2D eigenvalue weighted by molar-refractivity contribution is 0.102. The summed E-state index contributed by atoms with van der Waals surface area (Å²) >= 11 is 2.16. The molecule has 7 heteroatoms. The molecule has 2 rings (SSSR count). The summed E-state index contributed by atoms with van der Waals surface area (Å²) in [5, 5.41) is 2.72. The molecule has 110 valence electrons. The van der Waals surface area contributed by atoms with E-state index >= 15 is 0 Å². The summed E-state index contributed by atoms with van der Waals surface area (Å²) < 4.78 is 26.5. The third-order valence-corrected chi connectivity index (χ3v) is 4.95. The molecule has 2 aromatic carbocycles. The van der Waals surface area contributed by atoms with E-state index in [0.29, 0.717) is 11.3 Å². The van der Waals surface area contributed by atoms with Crippen molar-refractivity contribution in [2.45, 2.75) is 4.90 Å². The van der Waals surface area contributed by atoms with Crippen LogP contribution in [-0.2, 0) is 10.0 Å². The Kier molecular flexibility index (Phi) is 4.96. The number of carbonyl (C=O) groups is 1. The molecule has 1 amide bonds. The van der Waals surface area contributed by atoms with E-state index in [0.717, 1.165) is 3.57 Å². The van der Waals surface area contributed by atoms with Gasteiger partial charge in [0.25, 0.3) is 5.91 Å². The molecule has 0 aliphatic carbocycles. The number of hydrogen-bond acceptors (Lipinski definition) is 3. The normalized spacial score (nSPS) is 11.1. The summed E-state index contributed by atoms with van der Waals surface area (Å²) in [5.74, 6) is -0.240. The van der Waals surface area contributed by atoms with Gasteiger partial charge in [0.1, 0.15) is 0 Å². The summed E-state index contributed by atoms with van der Waals surface area (Å²) in [6, 6.07) is 13.1. The number of hydrogen-bond donors (Lipinski definition) is 2. The third-order valence-electron chi connectivity index (χ3n) is 2.80. The molecule has 0 atom stereocenters. The Morgan fingerprint density at radius 2 is 1.57 bits per heavy atom. The van der Waals surface area contributed by atoms with Gasteiger partial charge < -0.3 is 5.32 Å². The largest absolute Gasteiger partial charge is 0.322 e. The molecule has 0 aliphatic heterocycles. The van der Waals surface area contributed by atoms with Crippen LogP contribution in [0.5, 0.6) is 0 Å². The smallest absolute Gasteiger partial charge is 0.255 e. The number of anilines is 1. The molecule has 0 aromatic heterocycles. The topological polar surface area (TPSA) is 75.3 Å². The van der Waals surface area contributed by atoms with Crippen LogP contribution in [0.25, 0.3) is 0 Å². The van der Waals surface area contributed by atoms with Gasteiger partial charge in [-0.15, -0.1) is 0 Å². The lowest BCUT2D eigenvalue weighted by Gasteiger charge is -2.07. The average molecular weight is 416 g/mol. The predicted molar refractivity (Wildman–Crippen MR) is 89.8 cm³/mol. The van der Waals surface area contributed by atoms with E-state index in [-0.39, 0.29) is 10.8 Å². The van der Waals surface area contributed by atoms with Crippen molar-refractivity contribution < 1.29 is 13.2 Å². The van der Waals surface area contributed by atoms with E-state index in [9.17, 15) is 13.2 Å². The average Bonchev–Trinajstić information content (AvgIpc) is 2.48. The monoisotopic (exact) mass is 416 g/mol. The number of nitrogens with one attached hydrogen (secondary N) is 2. The Balaban J connectivity index is 2.13. The van der Waals surface area contributed by atoms with Crippen molar-refractivity contribution in [3.05, 3.63) is 57.7 Å². The van der Waals surface area contributed by atoms with Crippen LogP contribution in [0.15, 0.2) is 53.4 Å². The number of carbonyl (C=O) groups excluding carboxylic acids is 1. The van der Waals surface area contributed by atoms with Gasteiger partial charge in [-0.2, -0.15) is 0 Å². The SMILES string of the molecule is CNS(=O)(=O)c1ccc(NC(=O)c2ccc(I)cc2)cc1. The van der Waals surface area contributed by atoms with E-state index in [1.54, 1.807) is 24.3 Å². The summed E-state index contributed by atoms with van der Waals surface area (Å²) in [4.78, 5) is 12.2. The van der Waals surface area contributed by atoms with E-state index in [1.807, 2.05) is 12.1 Å². The summed E-state index contributed by atoms with van der Waals surface area (Å²) in [6.45, 7) is 0. The summed E-state index contributed by atoms with van der Waals surface area (Å²) in [6.07, 6.45) is 0. The fourth-order valence-corrected chi connectivity index (χ4v) is 2.73. The quantitative estimate of drug-likeness (QED) is 0.753. The number of amides is 1. The Bertz CT molecular complexity index is 741. The van der Waals surface area contributed by atoms with Crippen molar-refractivity contribution in [2.24, 2.45) is 0 Å². The lowest BCUT2D eigenvalue weighted by atomic mass is 10.2. The van der Waals surface area contributed by atoms with Crippen LogP contribution in [0.3, 0.4) is 0 Å². The van der Waals surface area contributed by atoms with E-state index in [2.05, 4.69) is 32.6 Å². The molecule has 2 N–H and O–H groups in total. The maximum atomic E-state index is 12.0. The lowest BCUT2D eigenvalue weighted by Crippen LogP contribution is -2.18. The molecule has 0 radical (unpaired) electrons. The minimum Gasteiger partial charge on any atom is -0.322 e. The van der Waals surface area contributed by atoms with Gasteiger partial charge >= 0.3 is 0 Å². The molecule has 0 saturated carbocycles. The summed E-state index contributed by atoms with van der Waals surface area (Å²) in [5.41, 5.74) is 1.08. The van der Waals surface area contributed by atoms with Crippen LogP contribution in [-0.4, -0.2) is 21.4 Å². The van der Waals surface area contributed by atoms with Crippen molar-refractivity contribution in [2.75, 3.05) is 12.4 Å². The number of rotatable bonds is 4. The van der Waals surface area contributed by atoms with Crippen LogP contribution in [0, 0.1) is 3.57 Å². The van der Waals surface area contributed by atoms with Gasteiger partial charge in [0.05, 0.1) is 4.90 Å². The maximum absolute atomic E-state index is 12.0. The standard InChI is InChI=1S/C14H13IN2O3S/c1-16-21(19,20)13-8-6-12(7-9-13)17-14(18)10-2-4-11(15)5-3-10/h2-9,16H,1H3,(H,17,18).